The minimum Gasteiger partial charge on any atom is -0.507 e. The topological polar surface area (TPSA) is 66.8 Å². The number of phenolic OH excluding ortho intramolecular Hbond substituents is 2. The Labute approximate surface area is 148 Å². The van der Waals surface area contributed by atoms with Gasteiger partial charge in [0.25, 0.3) is 0 Å². The van der Waals surface area contributed by atoms with Crippen molar-refractivity contribution in [3.8, 4) is 17.2 Å². The fraction of sp³-hybridized carbons (Fsp3) is 0.211. The molecule has 2 N–H and O–H groups in total. The predicted octanol–water partition coefficient (Wildman–Crippen LogP) is 4.64. The molecule has 0 atom stereocenters. The average molecular weight is 366 g/mol. The molecule has 0 aliphatic heterocycles. The molecule has 4 nitrogen and oxygen atoms in total. The Morgan fingerprint density at radius 2 is 1.62 bits per heavy atom. The highest BCUT2D eigenvalue weighted by atomic mass is 19.4. The van der Waals surface area contributed by atoms with E-state index in [1.54, 1.807) is 0 Å². The second kappa shape index (κ2) is 7.11. The summed E-state index contributed by atoms with van der Waals surface area (Å²) in [5, 5.41) is 20.1. The number of aromatic hydroxyl groups is 2. The van der Waals surface area contributed by atoms with Crippen LogP contribution in [0.5, 0.6) is 17.2 Å². The molecule has 7 heteroatoms. The Bertz CT molecular complexity index is 866. The summed E-state index contributed by atoms with van der Waals surface area (Å²) in [5.74, 6) is -1.16. The van der Waals surface area contributed by atoms with Crippen molar-refractivity contribution < 1.29 is 32.9 Å². The first-order valence-corrected chi connectivity index (χ1v) is 7.56. The number of benzene rings is 2. The first-order valence-electron chi connectivity index (χ1n) is 7.56. The Hall–Kier alpha value is -2.96. The van der Waals surface area contributed by atoms with Crippen molar-refractivity contribution in [2.45, 2.75) is 20.0 Å². The third kappa shape index (κ3) is 3.66. The van der Waals surface area contributed by atoms with Gasteiger partial charge in [0.2, 0.25) is 0 Å². The third-order valence-corrected chi connectivity index (χ3v) is 3.99. The summed E-state index contributed by atoms with van der Waals surface area (Å²) in [7, 11) is 1.30. The lowest BCUT2D eigenvalue weighted by Crippen LogP contribution is -2.04. The van der Waals surface area contributed by atoms with E-state index in [0.29, 0.717) is 11.1 Å². The summed E-state index contributed by atoms with van der Waals surface area (Å²) >= 11 is 0. The maximum atomic E-state index is 12.6. The Kier molecular flexibility index (Phi) is 5.30. The quantitative estimate of drug-likeness (QED) is 0.611. The number of ketones is 1. The Morgan fingerprint density at radius 3 is 2.12 bits per heavy atom. The number of phenols is 2. The van der Waals surface area contributed by atoms with Crippen LogP contribution in [-0.4, -0.2) is 23.1 Å². The molecule has 2 rings (SSSR count). The van der Waals surface area contributed by atoms with Gasteiger partial charge in [-0.05, 0) is 37.6 Å². The SMILES string of the molecule is COc1c(C)c(O)c(C)c(O)c1C(=O)/C=C/c1ccc(C(F)(F)F)cc1. The highest BCUT2D eigenvalue weighted by molar-refractivity contribution is 6.11. The van der Waals surface area contributed by atoms with Crippen LogP contribution in [0.3, 0.4) is 0 Å². The summed E-state index contributed by atoms with van der Waals surface area (Å²) < 4.78 is 42.8. The second-order valence-electron chi connectivity index (χ2n) is 5.67. The number of ether oxygens (including phenoxy) is 1. The van der Waals surface area contributed by atoms with E-state index in [2.05, 4.69) is 0 Å². The van der Waals surface area contributed by atoms with Crippen LogP contribution >= 0.6 is 0 Å². The minimum atomic E-state index is -4.43. The van der Waals surface area contributed by atoms with Crippen LogP contribution in [0.25, 0.3) is 6.08 Å². The first-order chi connectivity index (χ1) is 12.1. The lowest BCUT2D eigenvalue weighted by atomic mass is 9.98. The van der Waals surface area contributed by atoms with E-state index in [1.807, 2.05) is 0 Å². The number of hydrogen-bond acceptors (Lipinski definition) is 4. The third-order valence-electron chi connectivity index (χ3n) is 3.99. The lowest BCUT2D eigenvalue weighted by Gasteiger charge is -2.15. The number of methoxy groups -OCH3 is 1. The van der Waals surface area contributed by atoms with Crippen molar-refractivity contribution in [3.63, 3.8) is 0 Å². The van der Waals surface area contributed by atoms with Crippen molar-refractivity contribution in [1.82, 2.24) is 0 Å². The first kappa shape index (κ1) is 19.4. The van der Waals surface area contributed by atoms with Crippen LogP contribution in [0.15, 0.2) is 30.3 Å². The molecule has 0 saturated heterocycles. The molecule has 2 aromatic carbocycles. The van der Waals surface area contributed by atoms with Crippen molar-refractivity contribution >= 4 is 11.9 Å². The number of rotatable bonds is 4. The monoisotopic (exact) mass is 366 g/mol. The summed E-state index contributed by atoms with van der Waals surface area (Å²) in [6.45, 7) is 2.99. The van der Waals surface area contributed by atoms with Crippen LogP contribution in [0.4, 0.5) is 13.2 Å². The molecular formula is C19H17F3O4. The molecule has 0 aromatic heterocycles. The normalized spacial score (nSPS) is 11.8. The van der Waals surface area contributed by atoms with Gasteiger partial charge in [0.15, 0.2) is 5.78 Å². The molecule has 0 unspecified atom stereocenters. The maximum Gasteiger partial charge on any atom is 0.416 e. The molecule has 0 amide bonds. The number of carbonyl (C=O) groups excluding carboxylic acids is 1. The number of allylic oxidation sites excluding steroid dienone is 1. The summed E-state index contributed by atoms with van der Waals surface area (Å²) in [4.78, 5) is 12.5. The van der Waals surface area contributed by atoms with Gasteiger partial charge >= 0.3 is 6.18 Å². The van der Waals surface area contributed by atoms with Crippen LogP contribution < -0.4 is 4.74 Å². The molecule has 26 heavy (non-hydrogen) atoms. The number of carbonyl (C=O) groups is 1. The molecule has 2 aromatic rings. The van der Waals surface area contributed by atoms with E-state index in [4.69, 9.17) is 4.74 Å². The van der Waals surface area contributed by atoms with Gasteiger partial charge in [0, 0.05) is 11.1 Å². The van der Waals surface area contributed by atoms with Gasteiger partial charge < -0.3 is 14.9 Å². The predicted molar refractivity (Wildman–Crippen MR) is 90.6 cm³/mol. The fourth-order valence-corrected chi connectivity index (χ4v) is 2.51. The van der Waals surface area contributed by atoms with Crippen molar-refractivity contribution in [1.29, 1.82) is 0 Å². The zero-order valence-electron chi connectivity index (χ0n) is 14.3. The van der Waals surface area contributed by atoms with E-state index < -0.39 is 23.3 Å². The number of hydrogen-bond donors (Lipinski definition) is 2. The van der Waals surface area contributed by atoms with Crippen LogP contribution in [-0.2, 0) is 6.18 Å². The lowest BCUT2D eigenvalue weighted by molar-refractivity contribution is -0.137. The molecule has 0 heterocycles. The second-order valence-corrected chi connectivity index (χ2v) is 5.67. The fourth-order valence-electron chi connectivity index (χ4n) is 2.51. The van der Waals surface area contributed by atoms with E-state index in [0.717, 1.165) is 18.2 Å². The highest BCUT2D eigenvalue weighted by Crippen LogP contribution is 2.41. The molecule has 138 valence electrons. The number of alkyl halides is 3. The van der Waals surface area contributed by atoms with E-state index in [1.165, 1.54) is 39.2 Å². The van der Waals surface area contributed by atoms with Gasteiger partial charge in [-0.25, -0.2) is 0 Å². The molecule has 0 aliphatic carbocycles. The zero-order chi connectivity index (χ0) is 19.6. The van der Waals surface area contributed by atoms with Gasteiger partial charge in [-0.2, -0.15) is 13.2 Å². The van der Waals surface area contributed by atoms with E-state index in [9.17, 15) is 28.2 Å². The van der Waals surface area contributed by atoms with E-state index in [-0.39, 0.29) is 22.6 Å². The van der Waals surface area contributed by atoms with Gasteiger partial charge in [0.05, 0.1) is 12.7 Å². The van der Waals surface area contributed by atoms with E-state index >= 15 is 0 Å². The van der Waals surface area contributed by atoms with Crippen molar-refractivity contribution in [2.24, 2.45) is 0 Å². The van der Waals surface area contributed by atoms with Crippen molar-refractivity contribution in [2.75, 3.05) is 7.11 Å². The number of halogens is 3. The zero-order valence-corrected chi connectivity index (χ0v) is 14.3. The molecular weight excluding hydrogens is 349 g/mol. The van der Waals surface area contributed by atoms with Gasteiger partial charge in [0.1, 0.15) is 22.8 Å². The molecule has 0 aliphatic rings. The van der Waals surface area contributed by atoms with Crippen molar-refractivity contribution in [3.05, 3.63) is 58.2 Å². The summed E-state index contributed by atoms with van der Waals surface area (Å²) in [6, 6.07) is 4.29. The van der Waals surface area contributed by atoms with Crippen LogP contribution in [0, 0.1) is 13.8 Å². The Morgan fingerprint density at radius 1 is 1.04 bits per heavy atom. The minimum absolute atomic E-state index is 0.0349. The maximum absolute atomic E-state index is 12.6. The van der Waals surface area contributed by atoms with Gasteiger partial charge in [-0.3, -0.25) is 4.79 Å². The molecule has 0 radical (unpaired) electrons. The summed E-state index contributed by atoms with van der Waals surface area (Å²) in [6.07, 6.45) is -1.98. The molecule has 0 spiro atoms. The summed E-state index contributed by atoms with van der Waals surface area (Å²) in [5.41, 5.74) is -0.0887. The van der Waals surface area contributed by atoms with Crippen LogP contribution in [0.1, 0.15) is 32.6 Å². The smallest absolute Gasteiger partial charge is 0.416 e. The standard InChI is InChI=1S/C19H17F3O4/c1-10-16(24)11(2)18(26-3)15(17(10)25)14(23)9-6-12-4-7-13(8-5-12)19(20,21)22/h4-9,24-25H,1-3H3/b9-6+. The van der Waals surface area contributed by atoms with Gasteiger partial charge in [-0.15, -0.1) is 0 Å². The van der Waals surface area contributed by atoms with Gasteiger partial charge in [-0.1, -0.05) is 18.2 Å². The van der Waals surface area contributed by atoms with Crippen LogP contribution in [0.2, 0.25) is 0 Å². The highest BCUT2D eigenvalue weighted by Gasteiger charge is 2.29. The molecule has 0 fully saturated rings. The molecule has 0 saturated carbocycles. The molecule has 0 bridgehead atoms. The Balaban J connectivity index is 2.37. The largest absolute Gasteiger partial charge is 0.507 e. The average Bonchev–Trinajstić information content (AvgIpc) is 2.60.